The number of halogens is 1. The number of aromatic nitrogens is 3. The van der Waals surface area contributed by atoms with E-state index >= 15 is 0 Å². The van der Waals surface area contributed by atoms with Crippen LogP contribution in [0, 0.1) is 5.82 Å². The molecular formula is C19H17FN4O2. The first kappa shape index (κ1) is 16.3. The molecule has 0 unspecified atom stereocenters. The van der Waals surface area contributed by atoms with Crippen molar-refractivity contribution >= 4 is 11.7 Å². The van der Waals surface area contributed by atoms with Crippen LogP contribution in [-0.2, 0) is 11.3 Å². The van der Waals surface area contributed by atoms with E-state index in [1.807, 2.05) is 10.7 Å². The summed E-state index contributed by atoms with van der Waals surface area (Å²) in [5, 5.41) is 7.37. The van der Waals surface area contributed by atoms with E-state index < -0.39 is 0 Å². The maximum atomic E-state index is 13.3. The quantitative estimate of drug-likeness (QED) is 0.783. The number of hydrogen-bond acceptors (Lipinski definition) is 4. The number of amides is 1. The zero-order valence-corrected chi connectivity index (χ0v) is 14.2. The third-order valence-electron chi connectivity index (χ3n) is 4.13. The minimum absolute atomic E-state index is 0.193. The van der Waals surface area contributed by atoms with E-state index in [9.17, 15) is 9.18 Å². The van der Waals surface area contributed by atoms with E-state index in [0.717, 1.165) is 29.7 Å². The first-order chi connectivity index (χ1) is 12.6. The molecule has 3 heterocycles. The normalized spacial score (nSPS) is 13.0. The molecule has 1 aliphatic rings. The summed E-state index contributed by atoms with van der Waals surface area (Å²) in [7, 11) is 0. The smallest absolute Gasteiger partial charge is 0.222 e. The van der Waals surface area contributed by atoms with Crippen molar-refractivity contribution in [2.45, 2.75) is 19.9 Å². The number of ether oxygens (including phenoxy) is 1. The fourth-order valence-corrected chi connectivity index (χ4v) is 3.03. The molecule has 0 spiro atoms. The fraction of sp³-hybridized carbons (Fsp3) is 0.211. The predicted molar refractivity (Wildman–Crippen MR) is 95.3 cm³/mol. The highest BCUT2D eigenvalue weighted by Gasteiger charge is 2.24. The minimum atomic E-state index is -0.299. The van der Waals surface area contributed by atoms with Gasteiger partial charge in [0, 0.05) is 31.6 Å². The van der Waals surface area contributed by atoms with Gasteiger partial charge in [-0.3, -0.25) is 4.79 Å². The van der Waals surface area contributed by atoms with E-state index in [0.29, 0.717) is 24.0 Å². The van der Waals surface area contributed by atoms with Gasteiger partial charge in [-0.05, 0) is 42.0 Å². The van der Waals surface area contributed by atoms with E-state index in [4.69, 9.17) is 4.74 Å². The Morgan fingerprint density at radius 3 is 2.81 bits per heavy atom. The summed E-state index contributed by atoms with van der Waals surface area (Å²) in [6.45, 7) is 2.81. The number of carbonyl (C=O) groups is 1. The Bertz CT molecular complexity index is 966. The third-order valence-corrected chi connectivity index (χ3v) is 4.13. The molecule has 0 fully saturated rings. The molecule has 0 saturated heterocycles. The molecular weight excluding hydrogens is 335 g/mol. The van der Waals surface area contributed by atoms with Crippen molar-refractivity contribution in [3.05, 3.63) is 48.4 Å². The van der Waals surface area contributed by atoms with Gasteiger partial charge in [0.1, 0.15) is 17.3 Å². The Morgan fingerprint density at radius 1 is 1.23 bits per heavy atom. The highest BCUT2D eigenvalue weighted by atomic mass is 19.1. The number of benzene rings is 1. The summed E-state index contributed by atoms with van der Waals surface area (Å²) in [4.78, 5) is 15.5. The zero-order valence-electron chi connectivity index (χ0n) is 14.2. The number of anilines is 1. The number of nitrogens with zero attached hydrogens (tertiary/aromatic N) is 3. The fourth-order valence-electron chi connectivity index (χ4n) is 3.03. The maximum Gasteiger partial charge on any atom is 0.222 e. The number of nitrogens with one attached hydrogen (secondary N) is 1. The molecule has 1 amide bonds. The predicted octanol–water partition coefficient (Wildman–Crippen LogP) is 3.49. The second-order valence-electron chi connectivity index (χ2n) is 6.07. The highest BCUT2D eigenvalue weighted by molar-refractivity contribution is 5.90. The average molecular weight is 352 g/mol. The van der Waals surface area contributed by atoms with Gasteiger partial charge < -0.3 is 10.1 Å². The third kappa shape index (κ3) is 3.03. The highest BCUT2D eigenvalue weighted by Crippen LogP contribution is 2.41. The number of pyridine rings is 1. The maximum absolute atomic E-state index is 13.3. The summed E-state index contributed by atoms with van der Waals surface area (Å²) >= 11 is 0. The SMILES string of the molecule is CC(=O)Nc1cc(-c2c(-c3ccc(F)cc3)nn3c2OCCC3)ccn1. The lowest BCUT2D eigenvalue weighted by molar-refractivity contribution is -0.114. The molecule has 1 N–H and O–H groups in total. The van der Waals surface area contributed by atoms with E-state index in [-0.39, 0.29) is 11.7 Å². The van der Waals surface area contributed by atoms with Gasteiger partial charge in [-0.15, -0.1) is 0 Å². The molecule has 1 aliphatic heterocycles. The lowest BCUT2D eigenvalue weighted by Gasteiger charge is -2.16. The van der Waals surface area contributed by atoms with Crippen molar-refractivity contribution in [2.24, 2.45) is 0 Å². The zero-order chi connectivity index (χ0) is 18.1. The van der Waals surface area contributed by atoms with Crippen LogP contribution in [0.5, 0.6) is 5.88 Å². The number of rotatable bonds is 3. The molecule has 0 radical (unpaired) electrons. The molecule has 4 rings (SSSR count). The monoisotopic (exact) mass is 352 g/mol. The van der Waals surface area contributed by atoms with Gasteiger partial charge in [-0.25, -0.2) is 14.1 Å². The van der Waals surface area contributed by atoms with Crippen molar-refractivity contribution < 1.29 is 13.9 Å². The molecule has 3 aromatic rings. The molecule has 0 saturated carbocycles. The molecule has 0 atom stereocenters. The Hall–Kier alpha value is -3.22. The van der Waals surface area contributed by atoms with Crippen LogP contribution in [0.1, 0.15) is 13.3 Å². The van der Waals surface area contributed by atoms with Gasteiger partial charge in [-0.2, -0.15) is 5.10 Å². The summed E-state index contributed by atoms with van der Waals surface area (Å²) < 4.78 is 21.0. The van der Waals surface area contributed by atoms with Crippen LogP contribution in [0.25, 0.3) is 22.4 Å². The second-order valence-corrected chi connectivity index (χ2v) is 6.07. The molecule has 6 nitrogen and oxygen atoms in total. The van der Waals surface area contributed by atoms with Crippen molar-refractivity contribution in [1.82, 2.24) is 14.8 Å². The lowest BCUT2D eigenvalue weighted by Crippen LogP contribution is -2.15. The van der Waals surface area contributed by atoms with Gasteiger partial charge in [-0.1, -0.05) is 0 Å². The Labute approximate surface area is 149 Å². The summed E-state index contributed by atoms with van der Waals surface area (Å²) in [5.41, 5.74) is 3.14. The lowest BCUT2D eigenvalue weighted by atomic mass is 10.0. The van der Waals surface area contributed by atoms with Crippen LogP contribution in [0.15, 0.2) is 42.6 Å². The standard InChI is InChI=1S/C19H17FN4O2/c1-12(25)22-16-11-14(7-8-21-16)17-18(13-3-5-15(20)6-4-13)23-24-9-2-10-26-19(17)24/h3-8,11H,2,9-10H2,1H3,(H,21,22,25). The molecule has 132 valence electrons. The largest absolute Gasteiger partial charge is 0.477 e. The van der Waals surface area contributed by atoms with E-state index in [2.05, 4.69) is 15.4 Å². The first-order valence-electron chi connectivity index (χ1n) is 8.35. The van der Waals surface area contributed by atoms with Crippen LogP contribution in [0.2, 0.25) is 0 Å². The summed E-state index contributed by atoms with van der Waals surface area (Å²) in [5.74, 6) is 0.639. The second kappa shape index (κ2) is 6.59. The number of aryl methyl sites for hydroxylation is 1. The van der Waals surface area contributed by atoms with Gasteiger partial charge in [0.05, 0.1) is 12.2 Å². The van der Waals surface area contributed by atoms with Gasteiger partial charge in [0.2, 0.25) is 11.8 Å². The molecule has 26 heavy (non-hydrogen) atoms. The Morgan fingerprint density at radius 2 is 2.04 bits per heavy atom. The van der Waals surface area contributed by atoms with Crippen LogP contribution in [-0.4, -0.2) is 27.3 Å². The van der Waals surface area contributed by atoms with Crippen LogP contribution in [0.4, 0.5) is 10.2 Å². The molecule has 7 heteroatoms. The van der Waals surface area contributed by atoms with Gasteiger partial charge >= 0.3 is 0 Å². The first-order valence-corrected chi connectivity index (χ1v) is 8.35. The average Bonchev–Trinajstić information content (AvgIpc) is 3.01. The topological polar surface area (TPSA) is 69.0 Å². The van der Waals surface area contributed by atoms with Gasteiger partial charge in [0.15, 0.2) is 0 Å². The molecule has 2 aromatic heterocycles. The number of fused-ring (bicyclic) bond motifs is 1. The molecule has 0 aliphatic carbocycles. The van der Waals surface area contributed by atoms with Crippen molar-refractivity contribution in [2.75, 3.05) is 11.9 Å². The Kier molecular flexibility index (Phi) is 4.12. The molecule has 1 aromatic carbocycles. The van der Waals surface area contributed by atoms with Crippen molar-refractivity contribution in [3.63, 3.8) is 0 Å². The summed E-state index contributed by atoms with van der Waals surface area (Å²) in [6.07, 6.45) is 2.51. The van der Waals surface area contributed by atoms with Crippen molar-refractivity contribution in [1.29, 1.82) is 0 Å². The summed E-state index contributed by atoms with van der Waals surface area (Å²) in [6, 6.07) is 9.84. The van der Waals surface area contributed by atoms with E-state index in [1.54, 1.807) is 24.4 Å². The number of carbonyl (C=O) groups excluding carboxylic acids is 1. The van der Waals surface area contributed by atoms with Crippen LogP contribution in [0.3, 0.4) is 0 Å². The van der Waals surface area contributed by atoms with Gasteiger partial charge in [0.25, 0.3) is 0 Å². The van der Waals surface area contributed by atoms with Crippen molar-refractivity contribution in [3.8, 4) is 28.3 Å². The molecule has 0 bridgehead atoms. The minimum Gasteiger partial charge on any atom is -0.477 e. The van der Waals surface area contributed by atoms with E-state index in [1.165, 1.54) is 19.1 Å². The van der Waals surface area contributed by atoms with Crippen LogP contribution >= 0.6 is 0 Å². The Balaban J connectivity index is 1.88. The van der Waals surface area contributed by atoms with Crippen LogP contribution < -0.4 is 10.1 Å². The number of hydrogen-bond donors (Lipinski definition) is 1.